The summed E-state index contributed by atoms with van der Waals surface area (Å²) >= 11 is 5.67. The van der Waals surface area contributed by atoms with Gasteiger partial charge in [0.05, 0.1) is 4.92 Å². The molecule has 28 heavy (non-hydrogen) atoms. The van der Waals surface area contributed by atoms with E-state index in [9.17, 15) is 31.7 Å². The first kappa shape index (κ1) is 21.8. The van der Waals surface area contributed by atoms with Gasteiger partial charge in [0.1, 0.15) is 10.8 Å². The lowest BCUT2D eigenvalue weighted by molar-refractivity contribution is -0.385. The molecule has 0 saturated heterocycles. The summed E-state index contributed by atoms with van der Waals surface area (Å²) in [5.41, 5.74) is -3.53. The van der Waals surface area contributed by atoms with Crippen LogP contribution in [0, 0.1) is 17.0 Å². The van der Waals surface area contributed by atoms with Crippen molar-refractivity contribution in [3.05, 3.63) is 46.0 Å². The van der Waals surface area contributed by atoms with Crippen LogP contribution >= 0.6 is 11.6 Å². The molecule has 2 aromatic rings. The number of hydrogen-bond acceptors (Lipinski definition) is 7. The van der Waals surface area contributed by atoms with E-state index in [1.54, 1.807) is 0 Å². The van der Waals surface area contributed by atoms with Gasteiger partial charge in [-0.3, -0.25) is 14.8 Å². The average Bonchev–Trinajstić information content (AvgIpc) is 2.80. The van der Waals surface area contributed by atoms with Crippen molar-refractivity contribution in [2.45, 2.75) is 11.6 Å². The highest BCUT2D eigenvalue weighted by atomic mass is 35.5. The Bertz CT molecular complexity index is 1020. The second-order valence-corrected chi connectivity index (χ2v) is 8.02. The molecule has 0 saturated carbocycles. The van der Waals surface area contributed by atoms with Gasteiger partial charge in [0.25, 0.3) is 5.88 Å². The fourth-order valence-electron chi connectivity index (χ4n) is 1.99. The molecule has 0 aliphatic heterocycles. The normalized spacial score (nSPS) is 13.2. The molecule has 0 spiro atoms. The van der Waals surface area contributed by atoms with E-state index < -0.39 is 54.4 Å². The van der Waals surface area contributed by atoms with Crippen molar-refractivity contribution in [3.8, 4) is 17.4 Å². The summed E-state index contributed by atoms with van der Waals surface area (Å²) in [5.74, 6) is -1.35. The third-order valence-electron chi connectivity index (χ3n) is 3.31. The molecule has 0 amide bonds. The van der Waals surface area contributed by atoms with E-state index in [0.717, 1.165) is 31.5 Å². The highest BCUT2D eigenvalue weighted by molar-refractivity contribution is 7.91. The predicted octanol–water partition coefficient (Wildman–Crippen LogP) is 3.38. The Balaban J connectivity index is 2.43. The molecule has 0 bridgehead atoms. The number of ether oxygens (including phenoxy) is 2. The monoisotopic (exact) mass is 442 g/mol. The summed E-state index contributed by atoms with van der Waals surface area (Å²) in [5, 5.41) is 13.8. The fraction of sp³-hybridized carbons (Fsp3) is 0.286. The lowest BCUT2D eigenvalue weighted by atomic mass is 10.3. The Labute approximate surface area is 161 Å². The Kier molecular flexibility index (Phi) is 5.80. The van der Waals surface area contributed by atoms with E-state index in [1.807, 2.05) is 0 Å². The predicted molar refractivity (Wildman–Crippen MR) is 91.0 cm³/mol. The molecular formula is C14H12ClF3N3O6S. The van der Waals surface area contributed by atoms with Gasteiger partial charge in [0.15, 0.2) is 21.0 Å². The SMILES string of the molecule is [CH2]C(Oc1cc(Oc2nn(C)c(C(F)(F)F)c2Cl)ccc1[N+](=O)[O-])S(C)(=O)=O. The molecule has 0 aliphatic carbocycles. The quantitative estimate of drug-likeness (QED) is 0.497. The minimum Gasteiger partial charge on any atom is -0.467 e. The third-order valence-corrected chi connectivity index (χ3v) is 4.70. The molecule has 0 N–H and O–H groups in total. The van der Waals surface area contributed by atoms with Crippen LogP contribution in [-0.2, 0) is 23.1 Å². The largest absolute Gasteiger partial charge is 0.467 e. The van der Waals surface area contributed by atoms with Gasteiger partial charge in [-0.05, 0) is 6.07 Å². The molecule has 1 radical (unpaired) electrons. The first-order valence-electron chi connectivity index (χ1n) is 7.16. The van der Waals surface area contributed by atoms with Gasteiger partial charge in [0.2, 0.25) is 5.75 Å². The molecule has 1 heterocycles. The van der Waals surface area contributed by atoms with Crippen LogP contribution in [0.4, 0.5) is 18.9 Å². The van der Waals surface area contributed by atoms with E-state index in [4.69, 9.17) is 21.1 Å². The summed E-state index contributed by atoms with van der Waals surface area (Å²) < 4.78 is 72.4. The smallest absolute Gasteiger partial charge is 0.434 e. The van der Waals surface area contributed by atoms with Crippen LogP contribution in [-0.4, -0.2) is 34.8 Å². The number of aryl methyl sites for hydroxylation is 1. The van der Waals surface area contributed by atoms with Crippen LogP contribution in [0.2, 0.25) is 5.02 Å². The van der Waals surface area contributed by atoms with Gasteiger partial charge in [-0.25, -0.2) is 8.42 Å². The summed E-state index contributed by atoms with van der Waals surface area (Å²) in [6.07, 6.45) is -3.98. The second kappa shape index (κ2) is 7.47. The number of sulfone groups is 1. The molecule has 9 nitrogen and oxygen atoms in total. The summed E-state index contributed by atoms with van der Waals surface area (Å²) in [6, 6.07) is 2.89. The average molecular weight is 443 g/mol. The molecule has 1 aromatic heterocycles. The molecular weight excluding hydrogens is 431 g/mol. The van der Waals surface area contributed by atoms with Crippen molar-refractivity contribution < 1.29 is 36.0 Å². The molecule has 153 valence electrons. The minimum absolute atomic E-state index is 0.227. The molecule has 1 unspecified atom stereocenters. The molecule has 0 aliphatic rings. The van der Waals surface area contributed by atoms with Crippen LogP contribution in [0.5, 0.6) is 17.4 Å². The molecule has 14 heteroatoms. The van der Waals surface area contributed by atoms with Gasteiger partial charge in [-0.1, -0.05) is 11.6 Å². The zero-order valence-electron chi connectivity index (χ0n) is 14.2. The van der Waals surface area contributed by atoms with Crippen molar-refractivity contribution in [2.24, 2.45) is 7.05 Å². The first-order valence-corrected chi connectivity index (χ1v) is 9.49. The number of benzene rings is 1. The number of rotatable bonds is 6. The Morgan fingerprint density at radius 1 is 1.39 bits per heavy atom. The van der Waals surface area contributed by atoms with Gasteiger partial charge in [-0.2, -0.15) is 13.2 Å². The number of aromatic nitrogens is 2. The van der Waals surface area contributed by atoms with Crippen LogP contribution in [0.1, 0.15) is 5.69 Å². The first-order chi connectivity index (χ1) is 12.7. The Hall–Kier alpha value is -2.54. The van der Waals surface area contributed by atoms with Crippen LogP contribution in [0.3, 0.4) is 0 Å². The van der Waals surface area contributed by atoms with Crippen LogP contribution in [0.25, 0.3) is 0 Å². The summed E-state index contributed by atoms with van der Waals surface area (Å²) in [7, 11) is -2.79. The van der Waals surface area contributed by atoms with Crippen molar-refractivity contribution in [1.29, 1.82) is 0 Å². The number of alkyl halides is 3. The topological polar surface area (TPSA) is 114 Å². The van der Waals surface area contributed by atoms with E-state index in [1.165, 1.54) is 0 Å². The lowest BCUT2D eigenvalue weighted by Gasteiger charge is -2.13. The van der Waals surface area contributed by atoms with Crippen molar-refractivity contribution in [1.82, 2.24) is 9.78 Å². The van der Waals surface area contributed by atoms with E-state index in [0.29, 0.717) is 4.68 Å². The highest BCUT2D eigenvalue weighted by Crippen LogP contribution is 2.41. The zero-order chi connectivity index (χ0) is 21.4. The summed E-state index contributed by atoms with van der Waals surface area (Å²) in [6.45, 7) is 3.24. The van der Waals surface area contributed by atoms with Crippen molar-refractivity contribution >= 4 is 27.1 Å². The molecule has 2 rings (SSSR count). The zero-order valence-corrected chi connectivity index (χ0v) is 15.8. The Morgan fingerprint density at radius 2 is 2.00 bits per heavy atom. The summed E-state index contributed by atoms with van der Waals surface area (Å²) in [4.78, 5) is 10.2. The fourth-order valence-corrected chi connectivity index (χ4v) is 2.57. The minimum atomic E-state index is -4.79. The van der Waals surface area contributed by atoms with Crippen LogP contribution < -0.4 is 9.47 Å². The van der Waals surface area contributed by atoms with E-state index >= 15 is 0 Å². The standard InChI is InChI=1S/C14H12ClF3N3O6S/c1-7(28(3,24)25)26-10-6-8(4-5-9(10)21(22)23)27-13-11(15)12(14(16,17)18)20(2)19-13/h4-7H,1H2,2-3H3. The Morgan fingerprint density at radius 3 is 2.46 bits per heavy atom. The maximum Gasteiger partial charge on any atom is 0.434 e. The van der Waals surface area contributed by atoms with E-state index in [2.05, 4.69) is 12.0 Å². The van der Waals surface area contributed by atoms with Crippen molar-refractivity contribution in [3.63, 3.8) is 0 Å². The van der Waals surface area contributed by atoms with Gasteiger partial charge in [0, 0.05) is 32.4 Å². The number of halogens is 4. The number of nitro benzene ring substituents is 1. The lowest BCUT2D eigenvalue weighted by Crippen LogP contribution is -2.23. The van der Waals surface area contributed by atoms with Gasteiger partial charge >= 0.3 is 11.9 Å². The number of nitro groups is 1. The molecule has 1 atom stereocenters. The third kappa shape index (κ3) is 4.65. The number of nitrogens with zero attached hydrogens (tertiary/aromatic N) is 3. The van der Waals surface area contributed by atoms with Crippen LogP contribution in [0.15, 0.2) is 18.2 Å². The molecule has 1 aromatic carbocycles. The maximum absolute atomic E-state index is 13.0. The molecule has 0 fully saturated rings. The highest BCUT2D eigenvalue weighted by Gasteiger charge is 2.39. The van der Waals surface area contributed by atoms with E-state index in [-0.39, 0.29) is 5.75 Å². The van der Waals surface area contributed by atoms with Gasteiger partial charge in [-0.15, -0.1) is 5.10 Å². The maximum atomic E-state index is 13.0. The van der Waals surface area contributed by atoms with Crippen molar-refractivity contribution in [2.75, 3.05) is 6.26 Å². The number of hydrogen-bond donors (Lipinski definition) is 0. The van der Waals surface area contributed by atoms with Gasteiger partial charge < -0.3 is 9.47 Å². The second-order valence-electron chi connectivity index (χ2n) is 5.45.